The molecule has 11 heteroatoms. The SMILES string of the molecule is CN(Cc1csc(N2C[C@H](CN3C(=O)c4ccccc4C3=O)OC2=O)n1)C(=O)O. The van der Waals surface area contributed by atoms with Crippen molar-refractivity contribution in [1.29, 1.82) is 0 Å². The van der Waals surface area contributed by atoms with Gasteiger partial charge in [0.2, 0.25) is 0 Å². The number of thiazole rings is 1. The summed E-state index contributed by atoms with van der Waals surface area (Å²) in [7, 11) is 1.42. The highest BCUT2D eigenvalue weighted by Gasteiger charge is 2.41. The zero-order valence-electron chi connectivity index (χ0n) is 15.3. The summed E-state index contributed by atoms with van der Waals surface area (Å²) in [5, 5.41) is 11.0. The number of amides is 4. The van der Waals surface area contributed by atoms with E-state index in [2.05, 4.69) is 4.98 Å². The predicted molar refractivity (Wildman–Crippen MR) is 101 cm³/mol. The summed E-state index contributed by atoms with van der Waals surface area (Å²) in [6, 6.07) is 6.56. The van der Waals surface area contributed by atoms with Crippen molar-refractivity contribution in [2.24, 2.45) is 0 Å². The van der Waals surface area contributed by atoms with Gasteiger partial charge >= 0.3 is 12.2 Å². The Bertz CT molecular complexity index is 986. The Labute approximate surface area is 168 Å². The number of ether oxygens (including phenoxy) is 1. The Morgan fingerprint density at radius 2 is 1.93 bits per heavy atom. The third-order valence-electron chi connectivity index (χ3n) is 4.63. The van der Waals surface area contributed by atoms with Crippen molar-refractivity contribution in [2.45, 2.75) is 12.6 Å². The van der Waals surface area contributed by atoms with Crippen LogP contribution < -0.4 is 4.90 Å². The molecule has 2 aliphatic heterocycles. The molecule has 4 amide bonds. The molecule has 0 spiro atoms. The van der Waals surface area contributed by atoms with Crippen molar-refractivity contribution in [3.05, 3.63) is 46.5 Å². The number of fused-ring (bicyclic) bond motifs is 1. The first-order chi connectivity index (χ1) is 13.8. The number of cyclic esters (lactones) is 1. The average molecular weight is 416 g/mol. The highest BCUT2D eigenvalue weighted by molar-refractivity contribution is 7.14. The van der Waals surface area contributed by atoms with E-state index < -0.39 is 30.1 Å². The lowest BCUT2D eigenvalue weighted by molar-refractivity contribution is 0.0558. The lowest BCUT2D eigenvalue weighted by Crippen LogP contribution is -2.38. The molecule has 1 saturated heterocycles. The fraction of sp³-hybridized carbons (Fsp3) is 0.278. The van der Waals surface area contributed by atoms with Crippen LogP contribution in [0.15, 0.2) is 29.6 Å². The van der Waals surface area contributed by atoms with E-state index in [1.807, 2.05) is 0 Å². The van der Waals surface area contributed by atoms with Crippen molar-refractivity contribution < 1.29 is 29.0 Å². The highest BCUT2D eigenvalue weighted by Crippen LogP contribution is 2.28. The Morgan fingerprint density at radius 1 is 1.28 bits per heavy atom. The number of hydrogen-bond acceptors (Lipinski definition) is 7. The molecule has 1 atom stereocenters. The van der Waals surface area contributed by atoms with Crippen molar-refractivity contribution >= 4 is 40.5 Å². The normalized spacial score (nSPS) is 18.2. The number of anilines is 1. The maximum Gasteiger partial charge on any atom is 0.416 e. The number of benzene rings is 1. The predicted octanol–water partition coefficient (Wildman–Crippen LogP) is 1.87. The van der Waals surface area contributed by atoms with Gasteiger partial charge in [0, 0.05) is 12.4 Å². The lowest BCUT2D eigenvalue weighted by atomic mass is 10.1. The number of carboxylic acid groups (broad SMARTS) is 1. The molecule has 29 heavy (non-hydrogen) atoms. The van der Waals surface area contributed by atoms with Gasteiger partial charge in [-0.05, 0) is 12.1 Å². The zero-order chi connectivity index (χ0) is 20.7. The monoisotopic (exact) mass is 416 g/mol. The maximum atomic E-state index is 12.5. The molecule has 2 aliphatic rings. The smallest absolute Gasteiger partial charge is 0.416 e. The van der Waals surface area contributed by atoms with E-state index in [0.29, 0.717) is 22.0 Å². The molecule has 2 aromatic rings. The zero-order valence-corrected chi connectivity index (χ0v) is 16.1. The Hall–Kier alpha value is -3.47. The summed E-state index contributed by atoms with van der Waals surface area (Å²) in [6.07, 6.45) is -2.39. The minimum atomic E-state index is -1.08. The number of nitrogens with zero attached hydrogens (tertiary/aromatic N) is 4. The number of imide groups is 1. The first-order valence-corrected chi connectivity index (χ1v) is 9.55. The van der Waals surface area contributed by atoms with E-state index >= 15 is 0 Å². The lowest BCUT2D eigenvalue weighted by Gasteiger charge is -2.17. The minimum Gasteiger partial charge on any atom is -0.465 e. The van der Waals surface area contributed by atoms with Crippen LogP contribution in [-0.2, 0) is 11.3 Å². The van der Waals surface area contributed by atoms with E-state index in [1.54, 1.807) is 29.6 Å². The van der Waals surface area contributed by atoms with Gasteiger partial charge in [-0.25, -0.2) is 19.5 Å². The second-order valence-corrected chi connectivity index (χ2v) is 7.48. The van der Waals surface area contributed by atoms with Crippen molar-refractivity contribution in [2.75, 3.05) is 25.0 Å². The van der Waals surface area contributed by atoms with Crippen LogP contribution in [0.25, 0.3) is 0 Å². The first kappa shape index (κ1) is 18.9. The topological polar surface area (TPSA) is 120 Å². The van der Waals surface area contributed by atoms with Crippen molar-refractivity contribution in [3.63, 3.8) is 0 Å². The van der Waals surface area contributed by atoms with Crippen LogP contribution in [0.1, 0.15) is 26.4 Å². The van der Waals surface area contributed by atoms with Gasteiger partial charge in [-0.15, -0.1) is 11.3 Å². The van der Waals surface area contributed by atoms with Crippen LogP contribution in [0.4, 0.5) is 14.7 Å². The second-order valence-electron chi connectivity index (χ2n) is 6.64. The Morgan fingerprint density at radius 3 is 2.55 bits per heavy atom. The fourth-order valence-corrected chi connectivity index (χ4v) is 4.00. The van der Waals surface area contributed by atoms with E-state index in [1.165, 1.54) is 23.3 Å². The number of aromatic nitrogens is 1. The van der Waals surface area contributed by atoms with Crippen LogP contribution >= 0.6 is 11.3 Å². The molecular weight excluding hydrogens is 400 g/mol. The van der Waals surface area contributed by atoms with Gasteiger partial charge in [0.25, 0.3) is 11.8 Å². The molecule has 3 heterocycles. The molecule has 0 aliphatic carbocycles. The number of hydrogen-bond donors (Lipinski definition) is 1. The summed E-state index contributed by atoms with van der Waals surface area (Å²) in [6.45, 7) is 0.176. The Balaban J connectivity index is 1.43. The molecule has 1 fully saturated rings. The summed E-state index contributed by atoms with van der Waals surface area (Å²) in [5.41, 5.74) is 1.18. The van der Waals surface area contributed by atoms with Gasteiger partial charge in [0.15, 0.2) is 5.13 Å². The van der Waals surface area contributed by atoms with Crippen LogP contribution in [-0.4, -0.2) is 70.1 Å². The van der Waals surface area contributed by atoms with Crippen LogP contribution in [0.2, 0.25) is 0 Å². The highest BCUT2D eigenvalue weighted by atomic mass is 32.1. The molecule has 0 unspecified atom stereocenters. The second kappa shape index (κ2) is 7.17. The summed E-state index contributed by atoms with van der Waals surface area (Å²) >= 11 is 1.19. The molecule has 10 nitrogen and oxygen atoms in total. The fourth-order valence-electron chi connectivity index (χ4n) is 3.18. The van der Waals surface area contributed by atoms with Crippen molar-refractivity contribution in [3.8, 4) is 0 Å². The van der Waals surface area contributed by atoms with Gasteiger partial charge in [0.1, 0.15) is 6.10 Å². The molecular formula is C18H16N4O6S. The van der Waals surface area contributed by atoms with Crippen molar-refractivity contribution in [1.82, 2.24) is 14.8 Å². The third-order valence-corrected chi connectivity index (χ3v) is 5.55. The minimum absolute atomic E-state index is 0.0471. The van der Waals surface area contributed by atoms with Gasteiger partial charge in [-0.2, -0.15) is 0 Å². The molecule has 0 radical (unpaired) electrons. The van der Waals surface area contributed by atoms with E-state index in [-0.39, 0.29) is 19.6 Å². The van der Waals surface area contributed by atoms with E-state index in [4.69, 9.17) is 9.84 Å². The molecule has 1 aromatic heterocycles. The molecule has 4 rings (SSSR count). The average Bonchev–Trinajstić information content (AvgIpc) is 3.36. The quantitative estimate of drug-likeness (QED) is 0.739. The standard InChI is InChI=1S/C18H16N4O6S/c1-20(17(25)26)6-10-9-29-16(19-10)22-8-11(28-18(22)27)7-21-14(23)12-4-2-3-5-13(12)15(21)24/h2-5,9,11H,6-8H2,1H3,(H,25,26)/t11-/m0/s1. The number of carbonyl (C=O) groups excluding carboxylic acids is 3. The molecule has 1 aromatic carbocycles. The third kappa shape index (κ3) is 3.40. The molecule has 150 valence electrons. The molecule has 0 bridgehead atoms. The van der Waals surface area contributed by atoms with Crippen LogP contribution in [0, 0.1) is 0 Å². The first-order valence-electron chi connectivity index (χ1n) is 8.67. The van der Waals surface area contributed by atoms with Crippen LogP contribution in [0.3, 0.4) is 0 Å². The molecule has 1 N–H and O–H groups in total. The summed E-state index contributed by atoms with van der Waals surface area (Å²) in [4.78, 5) is 55.9. The van der Waals surface area contributed by atoms with Gasteiger partial charge in [-0.3, -0.25) is 14.5 Å². The Kier molecular flexibility index (Phi) is 4.66. The van der Waals surface area contributed by atoms with Gasteiger partial charge in [0.05, 0.1) is 36.5 Å². The largest absolute Gasteiger partial charge is 0.465 e. The van der Waals surface area contributed by atoms with E-state index in [9.17, 15) is 19.2 Å². The maximum absolute atomic E-state index is 12.5. The number of rotatable bonds is 5. The molecule has 0 saturated carbocycles. The number of carbonyl (C=O) groups is 4. The van der Waals surface area contributed by atoms with Crippen LogP contribution in [0.5, 0.6) is 0 Å². The van der Waals surface area contributed by atoms with Gasteiger partial charge < -0.3 is 14.7 Å². The van der Waals surface area contributed by atoms with Gasteiger partial charge in [-0.1, -0.05) is 12.1 Å². The summed E-state index contributed by atoms with van der Waals surface area (Å²) in [5.74, 6) is -0.818. The summed E-state index contributed by atoms with van der Waals surface area (Å²) < 4.78 is 5.32. The van der Waals surface area contributed by atoms with E-state index in [0.717, 1.165) is 9.80 Å².